The third kappa shape index (κ3) is 33.9. The summed E-state index contributed by atoms with van der Waals surface area (Å²) in [7, 11) is 0. The quantitative estimate of drug-likeness (QED) is 0.0422. The normalized spacial score (nSPS) is 12.1. The molecule has 0 radical (unpaired) electrons. The predicted octanol–water partition coefficient (Wildman–Crippen LogP) is 11.1. The Hall–Kier alpha value is -1.76. The molecule has 276 valence electrons. The van der Waals surface area contributed by atoms with Gasteiger partial charge in [0.05, 0.1) is 6.42 Å². The van der Waals surface area contributed by atoms with Gasteiger partial charge in [0.25, 0.3) is 0 Å². The molecule has 1 atom stereocenters. The van der Waals surface area contributed by atoms with E-state index in [2.05, 4.69) is 32.4 Å². The molecule has 0 saturated carbocycles. The SMILES string of the molecule is CC(C)CCCCCCCCCCCCCCC(=O)OC(=O)CC(O)C(=O)OC(=O)CCCCCCCCCCCCCCC(C)C. The Kier molecular flexibility index (Phi) is 31.5. The van der Waals surface area contributed by atoms with Crippen molar-refractivity contribution in [3.8, 4) is 0 Å². The van der Waals surface area contributed by atoms with Crippen molar-refractivity contribution >= 4 is 23.9 Å². The van der Waals surface area contributed by atoms with Crippen LogP contribution in [0.25, 0.3) is 0 Å². The summed E-state index contributed by atoms with van der Waals surface area (Å²) in [5, 5.41) is 9.93. The fraction of sp³-hybridized carbons (Fsp3) is 0.900. The number of carbonyl (C=O) groups is 4. The van der Waals surface area contributed by atoms with Crippen LogP contribution in [0.5, 0.6) is 0 Å². The Morgan fingerprint density at radius 3 is 1.00 bits per heavy atom. The molecule has 0 rings (SSSR count). The fourth-order valence-corrected chi connectivity index (χ4v) is 5.87. The van der Waals surface area contributed by atoms with Gasteiger partial charge in [0.15, 0.2) is 6.10 Å². The lowest BCUT2D eigenvalue weighted by Crippen LogP contribution is -2.29. The molecular weight excluding hydrogens is 592 g/mol. The Bertz CT molecular complexity index is 777. The number of aliphatic hydroxyl groups is 1. The summed E-state index contributed by atoms with van der Waals surface area (Å²) < 4.78 is 9.40. The molecule has 0 aromatic carbocycles. The van der Waals surface area contributed by atoms with Gasteiger partial charge in [0.2, 0.25) is 0 Å². The molecule has 0 aliphatic heterocycles. The monoisotopic (exact) mass is 667 g/mol. The zero-order valence-electron chi connectivity index (χ0n) is 31.1. The molecule has 0 aromatic heterocycles. The largest absolute Gasteiger partial charge is 0.393 e. The highest BCUT2D eigenvalue weighted by molar-refractivity contribution is 5.92. The van der Waals surface area contributed by atoms with Crippen LogP contribution in [-0.2, 0) is 28.7 Å². The lowest BCUT2D eigenvalue weighted by Gasteiger charge is -2.09. The lowest BCUT2D eigenvalue weighted by atomic mass is 10.0. The third-order valence-electron chi connectivity index (χ3n) is 8.90. The van der Waals surface area contributed by atoms with Gasteiger partial charge in [-0.3, -0.25) is 14.4 Å². The van der Waals surface area contributed by atoms with Crippen molar-refractivity contribution in [2.24, 2.45) is 11.8 Å². The molecule has 7 nitrogen and oxygen atoms in total. The second-order valence-corrected chi connectivity index (χ2v) is 14.7. The van der Waals surface area contributed by atoms with Crippen molar-refractivity contribution in [2.45, 2.75) is 220 Å². The van der Waals surface area contributed by atoms with Crippen molar-refractivity contribution in [1.29, 1.82) is 0 Å². The van der Waals surface area contributed by atoms with Crippen LogP contribution >= 0.6 is 0 Å². The number of hydrogen-bond acceptors (Lipinski definition) is 7. The smallest absolute Gasteiger partial charge is 0.343 e. The predicted molar refractivity (Wildman–Crippen MR) is 192 cm³/mol. The van der Waals surface area contributed by atoms with Crippen LogP contribution in [-0.4, -0.2) is 35.1 Å². The van der Waals surface area contributed by atoms with E-state index in [0.717, 1.165) is 50.4 Å². The van der Waals surface area contributed by atoms with Gasteiger partial charge in [0.1, 0.15) is 0 Å². The van der Waals surface area contributed by atoms with E-state index in [0.29, 0.717) is 12.8 Å². The summed E-state index contributed by atoms with van der Waals surface area (Å²) in [6.07, 6.45) is 28.8. The number of unbranched alkanes of at least 4 members (excludes halogenated alkanes) is 22. The molecule has 0 aromatic rings. The Balaban J connectivity index is 3.63. The average Bonchev–Trinajstić information content (AvgIpc) is 3.00. The van der Waals surface area contributed by atoms with Crippen LogP contribution in [0.4, 0.5) is 0 Å². The van der Waals surface area contributed by atoms with Gasteiger partial charge >= 0.3 is 23.9 Å². The van der Waals surface area contributed by atoms with Crippen molar-refractivity contribution in [3.63, 3.8) is 0 Å². The summed E-state index contributed by atoms with van der Waals surface area (Å²) in [6, 6.07) is 0. The van der Waals surface area contributed by atoms with E-state index in [-0.39, 0.29) is 12.8 Å². The zero-order chi connectivity index (χ0) is 35.0. The molecule has 0 spiro atoms. The maximum absolute atomic E-state index is 12.0. The summed E-state index contributed by atoms with van der Waals surface area (Å²) >= 11 is 0. The molecule has 7 heteroatoms. The number of carbonyl (C=O) groups excluding carboxylic acids is 4. The number of ether oxygens (including phenoxy) is 2. The highest BCUT2D eigenvalue weighted by Gasteiger charge is 2.25. The first kappa shape index (κ1) is 45.2. The van der Waals surface area contributed by atoms with E-state index in [4.69, 9.17) is 4.74 Å². The summed E-state index contributed by atoms with van der Waals surface area (Å²) in [5.41, 5.74) is 0. The Morgan fingerprint density at radius 1 is 0.404 bits per heavy atom. The molecule has 0 amide bonds. The van der Waals surface area contributed by atoms with E-state index in [1.807, 2.05) is 0 Å². The highest BCUT2D eigenvalue weighted by atomic mass is 16.6. The van der Waals surface area contributed by atoms with Gasteiger partial charge in [-0.2, -0.15) is 0 Å². The molecule has 0 fully saturated rings. The Morgan fingerprint density at radius 2 is 0.681 bits per heavy atom. The fourth-order valence-electron chi connectivity index (χ4n) is 5.87. The molecule has 0 saturated heterocycles. The van der Waals surface area contributed by atoms with Crippen molar-refractivity contribution in [2.75, 3.05) is 0 Å². The van der Waals surface area contributed by atoms with Crippen molar-refractivity contribution in [1.82, 2.24) is 0 Å². The minimum absolute atomic E-state index is 0.0941. The lowest BCUT2D eigenvalue weighted by molar-refractivity contribution is -0.171. The van der Waals surface area contributed by atoms with Gasteiger partial charge in [0, 0.05) is 12.8 Å². The van der Waals surface area contributed by atoms with Crippen LogP contribution in [0.1, 0.15) is 214 Å². The molecule has 0 aliphatic carbocycles. The van der Waals surface area contributed by atoms with E-state index < -0.39 is 36.4 Å². The van der Waals surface area contributed by atoms with Crippen molar-refractivity contribution in [3.05, 3.63) is 0 Å². The van der Waals surface area contributed by atoms with Crippen LogP contribution in [0.15, 0.2) is 0 Å². The van der Waals surface area contributed by atoms with Gasteiger partial charge in [-0.1, -0.05) is 182 Å². The van der Waals surface area contributed by atoms with Gasteiger partial charge in [-0.25, -0.2) is 4.79 Å². The third-order valence-corrected chi connectivity index (χ3v) is 8.90. The number of rotatable bonds is 33. The summed E-state index contributed by atoms with van der Waals surface area (Å²) in [5.74, 6) is -1.91. The number of esters is 4. The summed E-state index contributed by atoms with van der Waals surface area (Å²) in [4.78, 5) is 47.8. The topological polar surface area (TPSA) is 107 Å². The average molecular weight is 667 g/mol. The molecule has 1 unspecified atom stereocenters. The first-order chi connectivity index (χ1) is 22.6. The van der Waals surface area contributed by atoms with E-state index >= 15 is 0 Å². The minimum atomic E-state index is -1.83. The molecule has 1 N–H and O–H groups in total. The Labute approximate surface area is 289 Å². The van der Waals surface area contributed by atoms with Gasteiger partial charge < -0.3 is 14.6 Å². The molecule has 0 aliphatic rings. The maximum atomic E-state index is 12.0. The standard InChI is InChI=1S/C40H74O7/c1-34(2)29-25-21-17-13-9-5-7-11-15-19-23-27-31-37(42)46-39(44)33-36(41)40(45)47-38(43)32-28-24-20-16-12-8-6-10-14-18-22-26-30-35(3)4/h34-36,41H,5-33H2,1-4H3. The van der Waals surface area contributed by atoms with Crippen LogP contribution in [0.2, 0.25) is 0 Å². The van der Waals surface area contributed by atoms with Crippen LogP contribution in [0, 0.1) is 11.8 Å². The van der Waals surface area contributed by atoms with Crippen LogP contribution in [0.3, 0.4) is 0 Å². The summed E-state index contributed by atoms with van der Waals surface area (Å²) in [6.45, 7) is 9.15. The number of hydrogen-bond donors (Lipinski definition) is 1. The highest BCUT2D eigenvalue weighted by Crippen LogP contribution is 2.16. The molecule has 0 heterocycles. The van der Waals surface area contributed by atoms with Gasteiger partial charge in [-0.05, 0) is 24.7 Å². The zero-order valence-corrected chi connectivity index (χ0v) is 31.1. The first-order valence-corrected chi connectivity index (χ1v) is 19.8. The molecule has 47 heavy (non-hydrogen) atoms. The van der Waals surface area contributed by atoms with Gasteiger partial charge in [-0.15, -0.1) is 0 Å². The second kappa shape index (κ2) is 32.8. The molecule has 0 bridgehead atoms. The van der Waals surface area contributed by atoms with E-state index in [9.17, 15) is 24.3 Å². The maximum Gasteiger partial charge on any atom is 0.343 e. The number of aliphatic hydroxyl groups excluding tert-OH is 1. The van der Waals surface area contributed by atoms with E-state index in [1.165, 1.54) is 116 Å². The van der Waals surface area contributed by atoms with Crippen LogP contribution < -0.4 is 0 Å². The first-order valence-electron chi connectivity index (χ1n) is 19.8. The molecular formula is C40H74O7. The van der Waals surface area contributed by atoms with E-state index in [1.54, 1.807) is 0 Å². The van der Waals surface area contributed by atoms with Crippen molar-refractivity contribution < 1.29 is 33.8 Å². The minimum Gasteiger partial charge on any atom is -0.393 e. The second-order valence-electron chi connectivity index (χ2n) is 14.7.